The predicted molar refractivity (Wildman–Crippen MR) is 96.9 cm³/mol. The number of hydrogen-bond acceptors (Lipinski definition) is 3. The van der Waals surface area contributed by atoms with E-state index in [1.165, 1.54) is 42.8 Å². The van der Waals surface area contributed by atoms with Crippen molar-refractivity contribution in [1.29, 1.82) is 0 Å². The quantitative estimate of drug-likeness (QED) is 0.773. The first-order chi connectivity index (χ1) is 10.6. The molecule has 0 unspecified atom stereocenters. The highest BCUT2D eigenvalue weighted by atomic mass is 35.5. The number of aromatic nitrogens is 1. The zero-order chi connectivity index (χ0) is 15.5. The third kappa shape index (κ3) is 3.95. The molecule has 0 radical (unpaired) electrons. The Kier molecular flexibility index (Phi) is 5.27. The second-order valence-corrected chi connectivity index (χ2v) is 8.27. The van der Waals surface area contributed by atoms with E-state index in [-0.39, 0.29) is 0 Å². The molecule has 118 valence electrons. The predicted octanol–water partition coefficient (Wildman–Crippen LogP) is 5.10. The molecule has 3 rings (SSSR count). The molecule has 2 aromatic rings. The molecule has 1 fully saturated rings. The standard InChI is InChI=1S/C18H23ClN2S/c1-13(2)12-21-7-4-16(5-8-21)22-18-10-14-3-6-20-11-15(14)9-17(18)19/h3,6,9-11,13,16H,4-5,7-8,12H2,1-2H3. The van der Waals surface area contributed by atoms with Crippen LogP contribution in [0.3, 0.4) is 0 Å². The van der Waals surface area contributed by atoms with E-state index in [2.05, 4.69) is 35.9 Å². The molecule has 2 nitrogen and oxygen atoms in total. The maximum atomic E-state index is 6.46. The van der Waals surface area contributed by atoms with E-state index in [9.17, 15) is 0 Å². The SMILES string of the molecule is CC(C)CN1CCC(Sc2cc3ccncc3cc2Cl)CC1. The van der Waals surface area contributed by atoms with Crippen LogP contribution >= 0.6 is 23.4 Å². The van der Waals surface area contributed by atoms with Crippen molar-refractivity contribution in [2.24, 2.45) is 5.92 Å². The van der Waals surface area contributed by atoms with Gasteiger partial charge in [0, 0.05) is 34.5 Å². The fraction of sp³-hybridized carbons (Fsp3) is 0.500. The molecule has 0 bridgehead atoms. The largest absolute Gasteiger partial charge is 0.303 e. The van der Waals surface area contributed by atoms with Crippen LogP contribution in [0.1, 0.15) is 26.7 Å². The van der Waals surface area contributed by atoms with Crippen LogP contribution in [0, 0.1) is 5.92 Å². The van der Waals surface area contributed by atoms with Gasteiger partial charge in [0.15, 0.2) is 0 Å². The van der Waals surface area contributed by atoms with Gasteiger partial charge in [-0.05, 0) is 55.4 Å². The number of piperidine rings is 1. The molecule has 0 N–H and O–H groups in total. The fourth-order valence-corrected chi connectivity index (χ4v) is 4.56. The summed E-state index contributed by atoms with van der Waals surface area (Å²) >= 11 is 8.41. The molecule has 0 spiro atoms. The molecular formula is C18H23ClN2S. The number of pyridine rings is 1. The average molecular weight is 335 g/mol. The molecule has 2 heterocycles. The molecule has 4 heteroatoms. The van der Waals surface area contributed by atoms with E-state index in [1.807, 2.05) is 30.2 Å². The number of halogens is 1. The van der Waals surface area contributed by atoms with E-state index in [0.717, 1.165) is 16.3 Å². The summed E-state index contributed by atoms with van der Waals surface area (Å²) in [5.74, 6) is 0.757. The molecular weight excluding hydrogens is 312 g/mol. The van der Waals surface area contributed by atoms with Gasteiger partial charge >= 0.3 is 0 Å². The van der Waals surface area contributed by atoms with Crippen molar-refractivity contribution < 1.29 is 0 Å². The lowest BCUT2D eigenvalue weighted by atomic mass is 10.1. The summed E-state index contributed by atoms with van der Waals surface area (Å²) in [7, 11) is 0. The number of nitrogens with zero attached hydrogens (tertiary/aromatic N) is 2. The maximum absolute atomic E-state index is 6.46. The van der Waals surface area contributed by atoms with Crippen LogP contribution in [-0.4, -0.2) is 34.8 Å². The lowest BCUT2D eigenvalue weighted by Crippen LogP contribution is -2.37. The van der Waals surface area contributed by atoms with Crippen LogP contribution in [0.25, 0.3) is 10.8 Å². The first-order valence-electron chi connectivity index (χ1n) is 8.04. The van der Waals surface area contributed by atoms with Gasteiger partial charge in [-0.25, -0.2) is 0 Å². The minimum atomic E-state index is 0.681. The normalized spacial score (nSPS) is 17.5. The number of hydrogen-bond donors (Lipinski definition) is 0. The van der Waals surface area contributed by atoms with Gasteiger partial charge in [-0.2, -0.15) is 0 Å². The Bertz CT molecular complexity index is 636. The van der Waals surface area contributed by atoms with Crippen molar-refractivity contribution in [3.63, 3.8) is 0 Å². The Morgan fingerprint density at radius 1 is 1.27 bits per heavy atom. The van der Waals surface area contributed by atoms with E-state index in [4.69, 9.17) is 11.6 Å². The van der Waals surface area contributed by atoms with Crippen LogP contribution in [0.5, 0.6) is 0 Å². The summed E-state index contributed by atoms with van der Waals surface area (Å²) in [4.78, 5) is 7.96. The van der Waals surface area contributed by atoms with Crippen LogP contribution in [0.4, 0.5) is 0 Å². The molecule has 22 heavy (non-hydrogen) atoms. The Morgan fingerprint density at radius 3 is 2.77 bits per heavy atom. The number of thioether (sulfide) groups is 1. The third-order valence-electron chi connectivity index (χ3n) is 4.14. The van der Waals surface area contributed by atoms with Gasteiger partial charge in [-0.15, -0.1) is 11.8 Å². The maximum Gasteiger partial charge on any atom is 0.0548 e. The molecule has 1 aromatic carbocycles. The summed E-state index contributed by atoms with van der Waals surface area (Å²) in [6, 6.07) is 6.31. The van der Waals surface area contributed by atoms with Crippen LogP contribution in [-0.2, 0) is 0 Å². The average Bonchev–Trinajstić information content (AvgIpc) is 2.49. The highest BCUT2D eigenvalue weighted by molar-refractivity contribution is 8.00. The molecule has 1 saturated heterocycles. The lowest BCUT2D eigenvalue weighted by Gasteiger charge is -2.32. The Balaban J connectivity index is 1.65. The van der Waals surface area contributed by atoms with Gasteiger partial charge in [-0.3, -0.25) is 4.98 Å². The van der Waals surface area contributed by atoms with Crippen molar-refractivity contribution in [3.8, 4) is 0 Å². The Morgan fingerprint density at radius 2 is 2.05 bits per heavy atom. The van der Waals surface area contributed by atoms with Crippen molar-refractivity contribution in [1.82, 2.24) is 9.88 Å². The second-order valence-electron chi connectivity index (χ2n) is 6.52. The van der Waals surface area contributed by atoms with Gasteiger partial charge in [0.1, 0.15) is 0 Å². The van der Waals surface area contributed by atoms with Gasteiger partial charge in [0.25, 0.3) is 0 Å². The lowest BCUT2D eigenvalue weighted by molar-refractivity contribution is 0.209. The summed E-state index contributed by atoms with van der Waals surface area (Å²) < 4.78 is 0. The highest BCUT2D eigenvalue weighted by Gasteiger charge is 2.21. The molecule has 1 aromatic heterocycles. The minimum absolute atomic E-state index is 0.681. The van der Waals surface area contributed by atoms with Crippen LogP contribution in [0.2, 0.25) is 5.02 Å². The van der Waals surface area contributed by atoms with Crippen molar-refractivity contribution in [3.05, 3.63) is 35.6 Å². The van der Waals surface area contributed by atoms with E-state index in [1.54, 1.807) is 0 Å². The van der Waals surface area contributed by atoms with E-state index < -0.39 is 0 Å². The number of rotatable bonds is 4. The van der Waals surface area contributed by atoms with E-state index >= 15 is 0 Å². The molecule has 0 saturated carbocycles. The summed E-state index contributed by atoms with van der Waals surface area (Å²) in [5, 5.41) is 3.87. The van der Waals surface area contributed by atoms with Crippen molar-refractivity contribution >= 4 is 34.1 Å². The Labute approximate surface area is 142 Å². The first-order valence-corrected chi connectivity index (χ1v) is 9.30. The zero-order valence-corrected chi connectivity index (χ0v) is 14.8. The number of fused-ring (bicyclic) bond motifs is 1. The Hall–Kier alpha value is -0.770. The third-order valence-corrected chi connectivity index (χ3v) is 5.96. The van der Waals surface area contributed by atoms with Crippen LogP contribution in [0.15, 0.2) is 35.5 Å². The second kappa shape index (κ2) is 7.20. The topological polar surface area (TPSA) is 16.1 Å². The summed E-state index contributed by atoms with van der Waals surface area (Å²) in [5.41, 5.74) is 0. The monoisotopic (exact) mass is 334 g/mol. The first kappa shape index (κ1) is 16.1. The van der Waals surface area contributed by atoms with Crippen molar-refractivity contribution in [2.45, 2.75) is 36.8 Å². The highest BCUT2D eigenvalue weighted by Crippen LogP contribution is 2.37. The zero-order valence-electron chi connectivity index (χ0n) is 13.3. The molecule has 0 aliphatic carbocycles. The molecule has 1 aliphatic heterocycles. The smallest absolute Gasteiger partial charge is 0.0548 e. The molecule has 0 atom stereocenters. The van der Waals surface area contributed by atoms with Gasteiger partial charge in [0.2, 0.25) is 0 Å². The summed E-state index contributed by atoms with van der Waals surface area (Å²) in [6.07, 6.45) is 6.22. The van der Waals surface area contributed by atoms with Gasteiger partial charge < -0.3 is 4.90 Å². The van der Waals surface area contributed by atoms with Gasteiger partial charge in [0.05, 0.1) is 5.02 Å². The van der Waals surface area contributed by atoms with Gasteiger partial charge in [-0.1, -0.05) is 25.4 Å². The van der Waals surface area contributed by atoms with E-state index in [0.29, 0.717) is 5.25 Å². The fourth-order valence-electron chi connectivity index (χ4n) is 3.08. The van der Waals surface area contributed by atoms with Crippen molar-refractivity contribution in [2.75, 3.05) is 19.6 Å². The van der Waals surface area contributed by atoms with Crippen LogP contribution < -0.4 is 0 Å². The number of likely N-dealkylation sites (tertiary alicyclic amines) is 1. The minimum Gasteiger partial charge on any atom is -0.303 e. The molecule has 0 amide bonds. The number of benzene rings is 1. The summed E-state index contributed by atoms with van der Waals surface area (Å²) in [6.45, 7) is 8.24. The molecule has 1 aliphatic rings.